The first-order valence-corrected chi connectivity index (χ1v) is 9.62. The van der Waals surface area contributed by atoms with Crippen molar-refractivity contribution in [1.29, 1.82) is 0 Å². The lowest BCUT2D eigenvalue weighted by molar-refractivity contribution is 0.0945. The molecule has 2 heterocycles. The first-order chi connectivity index (χ1) is 11.3. The van der Waals surface area contributed by atoms with E-state index in [2.05, 4.69) is 24.3 Å². The third-order valence-electron chi connectivity index (χ3n) is 4.18. The standard InChI is InChI=1S/C17H21N3O3S/c1-11(2)8-9-18-17(21)15-13-10-24(22,23)14-7-5-4-6-12(14)16(13)20(3)19-15/h4-7,11H,8-10H2,1-3H3,(H,18,21). The zero-order valence-electron chi connectivity index (χ0n) is 14.0. The fourth-order valence-corrected chi connectivity index (χ4v) is 4.58. The fourth-order valence-electron chi connectivity index (χ4n) is 2.98. The molecule has 0 saturated carbocycles. The van der Waals surface area contributed by atoms with Crippen molar-refractivity contribution in [3.8, 4) is 11.3 Å². The average molecular weight is 347 g/mol. The second-order valence-corrected chi connectivity index (χ2v) is 8.45. The van der Waals surface area contributed by atoms with Crippen molar-refractivity contribution in [2.24, 2.45) is 13.0 Å². The van der Waals surface area contributed by atoms with Crippen LogP contribution >= 0.6 is 0 Å². The molecule has 1 aromatic heterocycles. The number of nitrogens with one attached hydrogen (secondary N) is 1. The van der Waals surface area contributed by atoms with E-state index >= 15 is 0 Å². The van der Waals surface area contributed by atoms with Gasteiger partial charge in [0, 0.05) is 24.7 Å². The summed E-state index contributed by atoms with van der Waals surface area (Å²) in [6.07, 6.45) is 0.863. The summed E-state index contributed by atoms with van der Waals surface area (Å²) < 4.78 is 26.7. The number of aromatic nitrogens is 2. The molecule has 1 amide bonds. The number of aryl methyl sites for hydroxylation is 1. The molecule has 0 bridgehead atoms. The number of sulfone groups is 1. The molecular formula is C17H21N3O3S. The summed E-state index contributed by atoms with van der Waals surface area (Å²) in [5.41, 5.74) is 2.00. The summed E-state index contributed by atoms with van der Waals surface area (Å²) >= 11 is 0. The van der Waals surface area contributed by atoms with Crippen LogP contribution in [0.15, 0.2) is 29.2 Å². The zero-order chi connectivity index (χ0) is 17.5. The van der Waals surface area contributed by atoms with Gasteiger partial charge < -0.3 is 5.32 Å². The molecule has 1 N–H and O–H groups in total. The summed E-state index contributed by atoms with van der Waals surface area (Å²) in [6, 6.07) is 6.85. The second-order valence-electron chi connectivity index (χ2n) is 6.49. The van der Waals surface area contributed by atoms with Gasteiger partial charge in [0.2, 0.25) is 0 Å². The van der Waals surface area contributed by atoms with E-state index in [0.29, 0.717) is 34.2 Å². The molecule has 2 aromatic rings. The first-order valence-electron chi connectivity index (χ1n) is 7.97. The minimum atomic E-state index is -3.47. The number of carbonyl (C=O) groups excluding carboxylic acids is 1. The molecule has 0 unspecified atom stereocenters. The van der Waals surface area contributed by atoms with Crippen LogP contribution in [0, 0.1) is 5.92 Å². The maximum atomic E-state index is 12.6. The van der Waals surface area contributed by atoms with Gasteiger partial charge in [0.05, 0.1) is 16.3 Å². The second kappa shape index (κ2) is 6.05. The van der Waals surface area contributed by atoms with Gasteiger partial charge in [0.25, 0.3) is 5.91 Å². The van der Waals surface area contributed by atoms with Gasteiger partial charge in [0.1, 0.15) is 0 Å². The molecule has 24 heavy (non-hydrogen) atoms. The van der Waals surface area contributed by atoms with Crippen molar-refractivity contribution in [2.75, 3.05) is 6.54 Å². The lowest BCUT2D eigenvalue weighted by Gasteiger charge is -2.18. The first kappa shape index (κ1) is 16.7. The van der Waals surface area contributed by atoms with Gasteiger partial charge in [-0.3, -0.25) is 9.48 Å². The normalized spacial score (nSPS) is 15.0. The quantitative estimate of drug-likeness (QED) is 0.919. The van der Waals surface area contributed by atoms with E-state index in [1.807, 2.05) is 0 Å². The lowest BCUT2D eigenvalue weighted by Crippen LogP contribution is -2.27. The number of hydrogen-bond acceptors (Lipinski definition) is 4. The number of rotatable bonds is 4. The Labute approximate surface area is 141 Å². The number of nitrogens with zero attached hydrogens (tertiary/aromatic N) is 2. The van der Waals surface area contributed by atoms with Crippen LogP contribution in [-0.2, 0) is 22.6 Å². The van der Waals surface area contributed by atoms with Gasteiger partial charge >= 0.3 is 0 Å². The highest BCUT2D eigenvalue weighted by atomic mass is 32.2. The highest BCUT2D eigenvalue weighted by Crippen LogP contribution is 2.38. The third kappa shape index (κ3) is 2.84. The van der Waals surface area contributed by atoms with Crippen LogP contribution in [0.25, 0.3) is 11.3 Å². The number of carbonyl (C=O) groups is 1. The van der Waals surface area contributed by atoms with Crippen molar-refractivity contribution >= 4 is 15.7 Å². The Balaban J connectivity index is 2.02. The molecule has 1 aliphatic rings. The summed E-state index contributed by atoms with van der Waals surface area (Å²) in [5, 5.41) is 7.13. The molecule has 0 spiro atoms. The number of benzene rings is 1. The molecule has 1 aliphatic heterocycles. The van der Waals surface area contributed by atoms with Gasteiger partial charge in [-0.15, -0.1) is 0 Å². The molecule has 7 heteroatoms. The molecule has 0 atom stereocenters. The predicted octanol–water partition coefficient (Wildman–Crippen LogP) is 2.15. The van der Waals surface area contributed by atoms with Crippen molar-refractivity contribution < 1.29 is 13.2 Å². The largest absolute Gasteiger partial charge is 0.351 e. The fraction of sp³-hybridized carbons (Fsp3) is 0.412. The van der Waals surface area contributed by atoms with E-state index in [1.165, 1.54) is 0 Å². The Hall–Kier alpha value is -2.15. The molecular weight excluding hydrogens is 326 g/mol. The SMILES string of the molecule is CC(C)CCNC(=O)c1nn(C)c2c1CS(=O)(=O)c1ccccc1-2. The van der Waals surface area contributed by atoms with Crippen LogP contribution in [0.3, 0.4) is 0 Å². The summed E-state index contributed by atoms with van der Waals surface area (Å²) in [6.45, 7) is 4.71. The molecule has 0 aliphatic carbocycles. The van der Waals surface area contributed by atoms with E-state index in [-0.39, 0.29) is 17.4 Å². The van der Waals surface area contributed by atoms with Crippen LogP contribution in [0.4, 0.5) is 0 Å². The summed E-state index contributed by atoms with van der Waals surface area (Å²) in [4.78, 5) is 12.8. The van der Waals surface area contributed by atoms with Gasteiger partial charge in [-0.2, -0.15) is 5.10 Å². The van der Waals surface area contributed by atoms with Crippen LogP contribution in [0.2, 0.25) is 0 Å². The predicted molar refractivity (Wildman–Crippen MR) is 91.3 cm³/mol. The Morgan fingerprint density at radius 2 is 2.04 bits per heavy atom. The minimum Gasteiger partial charge on any atom is -0.351 e. The van der Waals surface area contributed by atoms with Crippen molar-refractivity contribution in [3.05, 3.63) is 35.5 Å². The maximum absolute atomic E-state index is 12.6. The molecule has 0 fully saturated rings. The van der Waals surface area contributed by atoms with Gasteiger partial charge in [-0.1, -0.05) is 32.0 Å². The molecule has 6 nitrogen and oxygen atoms in total. The van der Waals surface area contributed by atoms with Crippen molar-refractivity contribution in [1.82, 2.24) is 15.1 Å². The number of fused-ring (bicyclic) bond motifs is 3. The third-order valence-corrected chi connectivity index (χ3v) is 5.87. The van der Waals surface area contributed by atoms with Gasteiger partial charge in [0.15, 0.2) is 15.5 Å². The number of amides is 1. The smallest absolute Gasteiger partial charge is 0.272 e. The highest BCUT2D eigenvalue weighted by Gasteiger charge is 2.34. The minimum absolute atomic E-state index is 0.194. The van der Waals surface area contributed by atoms with Crippen LogP contribution in [-0.4, -0.2) is 30.7 Å². The van der Waals surface area contributed by atoms with E-state index in [4.69, 9.17) is 0 Å². The van der Waals surface area contributed by atoms with E-state index < -0.39 is 9.84 Å². The monoisotopic (exact) mass is 347 g/mol. The van der Waals surface area contributed by atoms with E-state index in [9.17, 15) is 13.2 Å². The maximum Gasteiger partial charge on any atom is 0.272 e. The van der Waals surface area contributed by atoms with Crippen LogP contribution in [0.1, 0.15) is 36.3 Å². The molecule has 1 aromatic carbocycles. The van der Waals surface area contributed by atoms with Crippen LogP contribution in [0.5, 0.6) is 0 Å². The summed E-state index contributed by atoms with van der Waals surface area (Å²) in [7, 11) is -1.73. The Morgan fingerprint density at radius 1 is 1.33 bits per heavy atom. The lowest BCUT2D eigenvalue weighted by atomic mass is 10.1. The Morgan fingerprint density at radius 3 is 2.75 bits per heavy atom. The topological polar surface area (TPSA) is 81.1 Å². The highest BCUT2D eigenvalue weighted by molar-refractivity contribution is 7.90. The number of hydrogen-bond donors (Lipinski definition) is 1. The summed E-state index contributed by atoms with van der Waals surface area (Å²) in [5.74, 6) is -0.0302. The molecule has 0 saturated heterocycles. The molecule has 0 radical (unpaired) electrons. The Bertz CT molecular complexity index is 898. The Kier molecular flexibility index (Phi) is 4.21. The van der Waals surface area contributed by atoms with Crippen molar-refractivity contribution in [3.63, 3.8) is 0 Å². The molecule has 3 rings (SSSR count). The average Bonchev–Trinajstić information content (AvgIpc) is 2.83. The van der Waals surface area contributed by atoms with E-state index in [0.717, 1.165) is 6.42 Å². The van der Waals surface area contributed by atoms with Gasteiger partial charge in [-0.05, 0) is 18.4 Å². The van der Waals surface area contributed by atoms with Crippen molar-refractivity contribution in [2.45, 2.75) is 30.9 Å². The molecule has 128 valence electrons. The van der Waals surface area contributed by atoms with Crippen LogP contribution < -0.4 is 5.32 Å². The zero-order valence-corrected chi connectivity index (χ0v) is 14.9. The van der Waals surface area contributed by atoms with Gasteiger partial charge in [-0.25, -0.2) is 8.42 Å². The van der Waals surface area contributed by atoms with E-state index in [1.54, 1.807) is 36.0 Å².